The van der Waals surface area contributed by atoms with Crippen molar-refractivity contribution in [1.29, 1.82) is 0 Å². The monoisotopic (exact) mass is 351 g/mol. The summed E-state index contributed by atoms with van der Waals surface area (Å²) in [5.41, 5.74) is 3.26. The molecule has 1 aliphatic rings. The quantitative estimate of drug-likeness (QED) is 0.750. The first-order valence-electron chi connectivity index (χ1n) is 8.90. The summed E-state index contributed by atoms with van der Waals surface area (Å²) in [6.45, 7) is 2.81. The third kappa shape index (κ3) is 3.74. The molecule has 1 amide bonds. The van der Waals surface area contributed by atoms with Gasteiger partial charge in [-0.1, -0.05) is 24.3 Å². The average Bonchev–Trinajstić information content (AvgIpc) is 3.16. The van der Waals surface area contributed by atoms with Crippen LogP contribution in [0.1, 0.15) is 35.6 Å². The van der Waals surface area contributed by atoms with Gasteiger partial charge in [0.15, 0.2) is 0 Å². The van der Waals surface area contributed by atoms with E-state index in [9.17, 15) is 4.79 Å². The molecule has 0 spiro atoms. The fourth-order valence-electron chi connectivity index (χ4n) is 3.48. The largest absolute Gasteiger partial charge is 0.497 e. The van der Waals surface area contributed by atoms with Gasteiger partial charge in [0.25, 0.3) is 0 Å². The molecule has 1 aliphatic heterocycles. The van der Waals surface area contributed by atoms with E-state index >= 15 is 0 Å². The van der Waals surface area contributed by atoms with Crippen molar-refractivity contribution in [2.45, 2.75) is 25.8 Å². The number of carbonyl (C=O) groups excluding carboxylic acids is 1. The molecule has 0 bridgehead atoms. The number of likely N-dealkylation sites (tertiary alicyclic amines) is 1. The molecule has 1 saturated heterocycles. The molecule has 0 saturated carbocycles. The highest BCUT2D eigenvalue weighted by Crippen LogP contribution is 2.38. The second-order valence-corrected chi connectivity index (χ2v) is 6.49. The van der Waals surface area contributed by atoms with Crippen LogP contribution in [0, 0.1) is 6.92 Å². The molecule has 0 unspecified atom stereocenters. The molecule has 3 rings (SSSR count). The number of carbonyl (C=O) groups is 1. The van der Waals surface area contributed by atoms with Crippen molar-refractivity contribution in [2.75, 3.05) is 20.8 Å². The zero-order valence-electron chi connectivity index (χ0n) is 15.6. The maximum atomic E-state index is 12.8. The SMILES string of the molecule is COc1ccc([C@@H]2CCCN2C(=O)/C=C/c2ccccc2C)c(OC)c1. The first-order valence-corrected chi connectivity index (χ1v) is 8.90. The molecule has 1 atom stereocenters. The maximum absolute atomic E-state index is 12.8. The number of amides is 1. The van der Waals surface area contributed by atoms with Crippen LogP contribution in [0.2, 0.25) is 0 Å². The molecule has 0 aromatic heterocycles. The van der Waals surface area contributed by atoms with Crippen molar-refractivity contribution in [2.24, 2.45) is 0 Å². The van der Waals surface area contributed by atoms with Gasteiger partial charge >= 0.3 is 0 Å². The summed E-state index contributed by atoms with van der Waals surface area (Å²) in [6.07, 6.45) is 5.51. The molecule has 4 heteroatoms. The lowest BCUT2D eigenvalue weighted by Gasteiger charge is -2.25. The number of rotatable bonds is 5. The van der Waals surface area contributed by atoms with Gasteiger partial charge in [0.05, 0.1) is 20.3 Å². The third-order valence-electron chi connectivity index (χ3n) is 4.93. The second-order valence-electron chi connectivity index (χ2n) is 6.49. The predicted molar refractivity (Wildman–Crippen MR) is 103 cm³/mol. The van der Waals surface area contributed by atoms with Crippen molar-refractivity contribution in [3.8, 4) is 11.5 Å². The van der Waals surface area contributed by atoms with Gasteiger partial charge in [-0.15, -0.1) is 0 Å². The van der Waals surface area contributed by atoms with Crippen LogP contribution in [0.3, 0.4) is 0 Å². The number of hydrogen-bond acceptors (Lipinski definition) is 3. The summed E-state index contributed by atoms with van der Waals surface area (Å²) in [5, 5.41) is 0. The molecule has 0 radical (unpaired) electrons. The Morgan fingerprint density at radius 1 is 1.15 bits per heavy atom. The number of methoxy groups -OCH3 is 2. The van der Waals surface area contributed by atoms with Crippen molar-refractivity contribution in [3.63, 3.8) is 0 Å². The average molecular weight is 351 g/mol. The molecule has 1 fully saturated rings. The zero-order chi connectivity index (χ0) is 18.5. The summed E-state index contributed by atoms with van der Waals surface area (Å²) in [4.78, 5) is 14.7. The van der Waals surface area contributed by atoms with Crippen LogP contribution in [-0.2, 0) is 4.79 Å². The van der Waals surface area contributed by atoms with Crippen molar-refractivity contribution in [3.05, 3.63) is 65.2 Å². The van der Waals surface area contributed by atoms with E-state index in [0.717, 1.165) is 47.6 Å². The topological polar surface area (TPSA) is 38.8 Å². The molecule has 0 N–H and O–H groups in total. The van der Waals surface area contributed by atoms with Crippen LogP contribution in [0.4, 0.5) is 0 Å². The van der Waals surface area contributed by atoms with Crippen molar-refractivity contribution in [1.82, 2.24) is 4.90 Å². The van der Waals surface area contributed by atoms with Crippen LogP contribution in [0.5, 0.6) is 11.5 Å². The number of nitrogens with zero attached hydrogens (tertiary/aromatic N) is 1. The Kier molecular flexibility index (Phi) is 5.61. The minimum atomic E-state index is 0.0323. The Labute approximate surface area is 155 Å². The van der Waals surface area contributed by atoms with E-state index in [2.05, 4.69) is 0 Å². The predicted octanol–water partition coefficient (Wildman–Crippen LogP) is 4.39. The number of hydrogen-bond donors (Lipinski definition) is 0. The fourth-order valence-corrected chi connectivity index (χ4v) is 3.48. The van der Waals surface area contributed by atoms with Gasteiger partial charge in [0, 0.05) is 24.3 Å². The number of aryl methyl sites for hydroxylation is 1. The molecule has 0 aliphatic carbocycles. The Morgan fingerprint density at radius 2 is 1.96 bits per heavy atom. The van der Waals surface area contributed by atoms with Crippen LogP contribution < -0.4 is 9.47 Å². The van der Waals surface area contributed by atoms with Crippen molar-refractivity contribution < 1.29 is 14.3 Å². The smallest absolute Gasteiger partial charge is 0.247 e. The number of ether oxygens (including phenoxy) is 2. The van der Waals surface area contributed by atoms with Gasteiger partial charge in [-0.05, 0) is 49.1 Å². The fraction of sp³-hybridized carbons (Fsp3) is 0.318. The first-order chi connectivity index (χ1) is 12.6. The maximum Gasteiger partial charge on any atom is 0.247 e. The van der Waals surface area contributed by atoms with Gasteiger partial charge in [-0.2, -0.15) is 0 Å². The van der Waals surface area contributed by atoms with Gasteiger partial charge < -0.3 is 14.4 Å². The standard InChI is InChI=1S/C22H25NO3/c1-16-7-4-5-8-17(16)10-13-22(24)23-14-6-9-20(23)19-12-11-18(25-2)15-21(19)26-3/h4-5,7-8,10-13,15,20H,6,9,14H2,1-3H3/b13-10+/t20-/m0/s1. The van der Waals surface area contributed by atoms with E-state index in [-0.39, 0.29) is 11.9 Å². The van der Waals surface area contributed by atoms with Gasteiger partial charge in [-0.25, -0.2) is 0 Å². The van der Waals surface area contributed by atoms with E-state index < -0.39 is 0 Å². The Morgan fingerprint density at radius 3 is 2.69 bits per heavy atom. The molecular weight excluding hydrogens is 326 g/mol. The molecule has 2 aromatic carbocycles. The van der Waals surface area contributed by atoms with Crippen molar-refractivity contribution >= 4 is 12.0 Å². The van der Waals surface area contributed by atoms with E-state index in [1.807, 2.05) is 60.4 Å². The summed E-state index contributed by atoms with van der Waals surface area (Å²) in [6, 6.07) is 13.9. The van der Waals surface area contributed by atoms with E-state index in [1.165, 1.54) is 0 Å². The molecule has 26 heavy (non-hydrogen) atoms. The van der Waals surface area contributed by atoms with E-state index in [0.29, 0.717) is 0 Å². The minimum Gasteiger partial charge on any atom is -0.497 e. The van der Waals surface area contributed by atoms with E-state index in [4.69, 9.17) is 9.47 Å². The highest BCUT2D eigenvalue weighted by atomic mass is 16.5. The van der Waals surface area contributed by atoms with Gasteiger partial charge in [-0.3, -0.25) is 4.79 Å². The summed E-state index contributed by atoms with van der Waals surface area (Å²) >= 11 is 0. The lowest BCUT2D eigenvalue weighted by molar-refractivity contribution is -0.126. The Bertz CT molecular complexity index is 813. The highest BCUT2D eigenvalue weighted by Gasteiger charge is 2.30. The molecule has 136 valence electrons. The lowest BCUT2D eigenvalue weighted by atomic mass is 10.0. The third-order valence-corrected chi connectivity index (χ3v) is 4.93. The summed E-state index contributed by atoms with van der Waals surface area (Å²) < 4.78 is 10.8. The Balaban J connectivity index is 1.82. The molecule has 2 aromatic rings. The molecule has 4 nitrogen and oxygen atoms in total. The zero-order valence-corrected chi connectivity index (χ0v) is 15.6. The van der Waals surface area contributed by atoms with E-state index in [1.54, 1.807) is 20.3 Å². The minimum absolute atomic E-state index is 0.0323. The number of benzene rings is 2. The van der Waals surface area contributed by atoms with Crippen LogP contribution in [-0.4, -0.2) is 31.6 Å². The molecular formula is C22H25NO3. The summed E-state index contributed by atoms with van der Waals surface area (Å²) in [7, 11) is 3.29. The van der Waals surface area contributed by atoms with Crippen LogP contribution in [0.15, 0.2) is 48.5 Å². The first kappa shape index (κ1) is 18.1. The highest BCUT2D eigenvalue weighted by molar-refractivity contribution is 5.92. The summed E-state index contributed by atoms with van der Waals surface area (Å²) in [5.74, 6) is 1.55. The normalized spacial score (nSPS) is 16.9. The van der Waals surface area contributed by atoms with Crippen LogP contribution in [0.25, 0.3) is 6.08 Å². The second kappa shape index (κ2) is 8.09. The van der Waals surface area contributed by atoms with Gasteiger partial charge in [0.1, 0.15) is 11.5 Å². The van der Waals surface area contributed by atoms with Gasteiger partial charge in [0.2, 0.25) is 5.91 Å². The lowest BCUT2D eigenvalue weighted by Crippen LogP contribution is -2.29. The molecule has 1 heterocycles. The Hall–Kier alpha value is -2.75. The van der Waals surface area contributed by atoms with Crippen LogP contribution >= 0.6 is 0 Å².